The lowest BCUT2D eigenvalue weighted by Gasteiger charge is -2.38. The van der Waals surface area contributed by atoms with E-state index in [4.69, 9.17) is 24.1 Å². The maximum atomic E-state index is 14.7. The third-order valence-electron chi connectivity index (χ3n) is 5.58. The summed E-state index contributed by atoms with van der Waals surface area (Å²) in [5.74, 6) is -5.59. The number of likely N-dealkylation sites (tertiary alicyclic amines) is 1. The molecule has 38 heavy (non-hydrogen) atoms. The number of fused-ring (bicyclic) bond motifs is 1. The van der Waals surface area contributed by atoms with Crippen molar-refractivity contribution < 1.29 is 50.9 Å². The van der Waals surface area contributed by atoms with E-state index in [0.29, 0.717) is 17.0 Å². The number of carboxylic acid groups (broad SMARTS) is 1. The minimum absolute atomic E-state index is 0.0903. The second-order valence-corrected chi connectivity index (χ2v) is 8.05. The van der Waals surface area contributed by atoms with Gasteiger partial charge in [-0.2, -0.15) is 13.2 Å². The number of amides is 1. The molecule has 1 N–H and O–H groups in total. The molecule has 1 unspecified atom stereocenters. The molecular formula is C25H23F5N2O6. The van der Waals surface area contributed by atoms with Crippen molar-refractivity contribution in [2.75, 3.05) is 27.3 Å². The molecule has 0 spiro atoms. The molecule has 4 rings (SSSR count). The summed E-state index contributed by atoms with van der Waals surface area (Å²) in [4.78, 5) is 27.7. The SMILES string of the molecule is COc1cccc(OC)c1C(=O)N1CCC(F)(F)C(Oc2ccc3ccccc3n2)C1.O=C(O)C(F)(F)F. The number of aliphatic carboxylic acids is 1. The molecule has 1 amide bonds. The van der Waals surface area contributed by atoms with Crippen molar-refractivity contribution in [2.45, 2.75) is 24.6 Å². The molecule has 0 saturated carbocycles. The summed E-state index contributed by atoms with van der Waals surface area (Å²) >= 11 is 0. The quantitative estimate of drug-likeness (QED) is 0.462. The molecule has 13 heteroatoms. The highest BCUT2D eigenvalue weighted by Crippen LogP contribution is 2.35. The van der Waals surface area contributed by atoms with Crippen molar-refractivity contribution in [3.05, 3.63) is 60.2 Å². The molecule has 1 atom stereocenters. The lowest BCUT2D eigenvalue weighted by molar-refractivity contribution is -0.192. The highest BCUT2D eigenvalue weighted by Gasteiger charge is 2.48. The van der Waals surface area contributed by atoms with Gasteiger partial charge in [-0.25, -0.2) is 18.6 Å². The molecule has 0 aliphatic carbocycles. The zero-order valence-electron chi connectivity index (χ0n) is 20.2. The van der Waals surface area contributed by atoms with Crippen LogP contribution < -0.4 is 14.2 Å². The van der Waals surface area contributed by atoms with Crippen LogP contribution in [0.1, 0.15) is 16.8 Å². The predicted octanol–water partition coefficient (Wildman–Crippen LogP) is 4.81. The van der Waals surface area contributed by atoms with Gasteiger partial charge in [0.1, 0.15) is 17.1 Å². The van der Waals surface area contributed by atoms with Crippen molar-refractivity contribution in [3.8, 4) is 17.4 Å². The number of hydrogen-bond acceptors (Lipinski definition) is 6. The number of hydrogen-bond donors (Lipinski definition) is 1. The van der Waals surface area contributed by atoms with Crippen LogP contribution in [0.2, 0.25) is 0 Å². The second kappa shape index (κ2) is 11.5. The van der Waals surface area contributed by atoms with Gasteiger partial charge in [0.15, 0.2) is 6.10 Å². The molecule has 204 valence electrons. The van der Waals surface area contributed by atoms with Crippen LogP contribution in [-0.2, 0) is 4.79 Å². The van der Waals surface area contributed by atoms with Crippen LogP contribution in [0.4, 0.5) is 22.0 Å². The summed E-state index contributed by atoms with van der Waals surface area (Å²) < 4.78 is 77.2. The maximum absolute atomic E-state index is 14.7. The number of nitrogens with zero attached hydrogens (tertiary/aromatic N) is 2. The Labute approximate surface area is 213 Å². The normalized spacial score (nSPS) is 16.7. The maximum Gasteiger partial charge on any atom is 0.490 e. The van der Waals surface area contributed by atoms with E-state index in [1.807, 2.05) is 18.2 Å². The Morgan fingerprint density at radius 1 is 1.00 bits per heavy atom. The Morgan fingerprint density at radius 3 is 2.18 bits per heavy atom. The first kappa shape index (κ1) is 28.4. The molecular weight excluding hydrogens is 519 g/mol. The van der Waals surface area contributed by atoms with Gasteiger partial charge in [0.25, 0.3) is 11.8 Å². The first-order valence-electron chi connectivity index (χ1n) is 11.1. The molecule has 1 aromatic heterocycles. The van der Waals surface area contributed by atoms with E-state index >= 15 is 0 Å². The first-order chi connectivity index (χ1) is 17.9. The number of para-hydroxylation sites is 1. The van der Waals surface area contributed by atoms with Crippen LogP contribution in [0.5, 0.6) is 17.4 Å². The molecule has 1 fully saturated rings. The number of rotatable bonds is 5. The number of pyridine rings is 1. The topological polar surface area (TPSA) is 98.2 Å². The molecule has 2 heterocycles. The highest BCUT2D eigenvalue weighted by atomic mass is 19.4. The van der Waals surface area contributed by atoms with Gasteiger partial charge in [-0.3, -0.25) is 4.79 Å². The Morgan fingerprint density at radius 2 is 1.61 bits per heavy atom. The fourth-order valence-electron chi connectivity index (χ4n) is 3.66. The van der Waals surface area contributed by atoms with Crippen molar-refractivity contribution in [2.24, 2.45) is 0 Å². The van der Waals surface area contributed by atoms with E-state index in [9.17, 15) is 26.7 Å². The van der Waals surface area contributed by atoms with Crippen LogP contribution in [0, 0.1) is 0 Å². The number of ether oxygens (including phenoxy) is 3. The van der Waals surface area contributed by atoms with Gasteiger partial charge in [0, 0.05) is 24.4 Å². The monoisotopic (exact) mass is 542 g/mol. The van der Waals surface area contributed by atoms with Crippen molar-refractivity contribution in [1.82, 2.24) is 9.88 Å². The predicted molar refractivity (Wildman–Crippen MR) is 125 cm³/mol. The summed E-state index contributed by atoms with van der Waals surface area (Å²) in [6.07, 6.45) is -7.13. The molecule has 1 aliphatic rings. The van der Waals surface area contributed by atoms with Gasteiger partial charge in [-0.1, -0.05) is 24.3 Å². The largest absolute Gasteiger partial charge is 0.496 e. The van der Waals surface area contributed by atoms with E-state index in [-0.39, 0.29) is 24.5 Å². The van der Waals surface area contributed by atoms with Crippen LogP contribution in [-0.4, -0.2) is 72.4 Å². The van der Waals surface area contributed by atoms with Crippen molar-refractivity contribution in [3.63, 3.8) is 0 Å². The molecule has 3 aromatic rings. The molecule has 8 nitrogen and oxygen atoms in total. The lowest BCUT2D eigenvalue weighted by Crippen LogP contribution is -2.55. The van der Waals surface area contributed by atoms with Gasteiger partial charge in [0.2, 0.25) is 5.88 Å². The Kier molecular flexibility index (Phi) is 8.59. The number of halogens is 5. The Hall–Kier alpha value is -4.16. The van der Waals surface area contributed by atoms with E-state index in [0.717, 1.165) is 5.39 Å². The third kappa shape index (κ3) is 6.58. The number of alkyl halides is 5. The van der Waals surface area contributed by atoms with Gasteiger partial charge >= 0.3 is 12.1 Å². The van der Waals surface area contributed by atoms with Crippen molar-refractivity contribution in [1.29, 1.82) is 0 Å². The number of carbonyl (C=O) groups excluding carboxylic acids is 1. The van der Waals surface area contributed by atoms with E-state index in [2.05, 4.69) is 4.98 Å². The van der Waals surface area contributed by atoms with Crippen LogP contribution >= 0.6 is 0 Å². The molecule has 0 radical (unpaired) electrons. The zero-order valence-corrected chi connectivity index (χ0v) is 20.2. The number of carboxylic acids is 1. The summed E-state index contributed by atoms with van der Waals surface area (Å²) in [6.45, 7) is -0.403. The Bertz CT molecular complexity index is 1280. The van der Waals surface area contributed by atoms with Crippen molar-refractivity contribution >= 4 is 22.8 Å². The third-order valence-corrected chi connectivity index (χ3v) is 5.58. The van der Waals surface area contributed by atoms with Gasteiger partial charge in [0.05, 0.1) is 26.3 Å². The number of aromatic nitrogens is 1. The summed E-state index contributed by atoms with van der Waals surface area (Å²) in [6, 6.07) is 15.6. The van der Waals surface area contributed by atoms with Crippen LogP contribution in [0.3, 0.4) is 0 Å². The summed E-state index contributed by atoms with van der Waals surface area (Å²) in [5.41, 5.74) is 0.839. The second-order valence-electron chi connectivity index (χ2n) is 8.05. The minimum Gasteiger partial charge on any atom is -0.496 e. The van der Waals surface area contributed by atoms with Gasteiger partial charge < -0.3 is 24.2 Å². The van der Waals surface area contributed by atoms with Crippen LogP contribution in [0.15, 0.2) is 54.6 Å². The summed E-state index contributed by atoms with van der Waals surface area (Å²) in [5, 5.41) is 8.00. The molecule has 1 saturated heterocycles. The van der Waals surface area contributed by atoms with Gasteiger partial charge in [-0.15, -0.1) is 0 Å². The average molecular weight is 542 g/mol. The standard InChI is InChI=1S/C23H22F2N2O4.C2HF3O2/c1-29-17-8-5-9-18(30-2)21(17)22(28)27-13-12-23(24,25)19(14-27)31-20-11-10-15-6-3-4-7-16(15)26-20;3-2(4,5)1(6)7/h3-11,19H,12-14H2,1-2H3;(H,6,7). The van der Waals surface area contributed by atoms with E-state index in [1.54, 1.807) is 36.4 Å². The Balaban J connectivity index is 0.000000505. The minimum atomic E-state index is -5.08. The highest BCUT2D eigenvalue weighted by molar-refractivity contribution is 5.99. The van der Waals surface area contributed by atoms with Gasteiger partial charge in [-0.05, 0) is 24.3 Å². The molecule has 0 bridgehead atoms. The lowest BCUT2D eigenvalue weighted by atomic mass is 10.0. The molecule has 2 aromatic carbocycles. The first-order valence-corrected chi connectivity index (χ1v) is 11.1. The zero-order chi connectivity index (χ0) is 28.1. The van der Waals surface area contributed by atoms with E-state index in [1.165, 1.54) is 19.1 Å². The van der Waals surface area contributed by atoms with Crippen LogP contribution in [0.25, 0.3) is 10.9 Å². The number of piperidine rings is 1. The fraction of sp³-hybridized carbons (Fsp3) is 0.320. The molecule has 1 aliphatic heterocycles. The van der Waals surface area contributed by atoms with E-state index < -0.39 is 36.5 Å². The average Bonchev–Trinajstić information content (AvgIpc) is 2.88. The number of carbonyl (C=O) groups is 2. The number of methoxy groups -OCH3 is 2. The summed E-state index contributed by atoms with van der Waals surface area (Å²) in [7, 11) is 2.88. The fourth-order valence-corrected chi connectivity index (χ4v) is 3.66. The smallest absolute Gasteiger partial charge is 0.490 e. The number of benzene rings is 2.